The molecule has 0 spiro atoms. The van der Waals surface area contributed by atoms with Gasteiger partial charge < -0.3 is 5.32 Å². The molecule has 11 heavy (non-hydrogen) atoms. The molecular formula is C10H21N. The molecule has 1 saturated heterocycles. The molecule has 1 aliphatic heterocycles. The summed E-state index contributed by atoms with van der Waals surface area (Å²) in [6.45, 7) is 7.20. The summed E-state index contributed by atoms with van der Waals surface area (Å²) in [6, 6.07) is 0. The van der Waals surface area contributed by atoms with E-state index in [1.807, 2.05) is 0 Å². The van der Waals surface area contributed by atoms with Crippen molar-refractivity contribution in [3.8, 4) is 0 Å². The molecule has 1 N–H and O–H groups in total. The van der Waals surface area contributed by atoms with Crippen molar-refractivity contribution in [2.24, 2.45) is 11.8 Å². The molecule has 0 aliphatic carbocycles. The molecule has 1 heteroatoms. The van der Waals surface area contributed by atoms with Crippen molar-refractivity contribution in [3.05, 3.63) is 0 Å². The molecule has 1 heterocycles. The van der Waals surface area contributed by atoms with Crippen molar-refractivity contribution < 1.29 is 0 Å². The number of hydrogen-bond acceptors (Lipinski definition) is 1. The van der Waals surface area contributed by atoms with Gasteiger partial charge in [-0.2, -0.15) is 0 Å². The van der Waals surface area contributed by atoms with Crippen molar-refractivity contribution in [1.82, 2.24) is 5.32 Å². The minimum absolute atomic E-state index is 0.949. The maximum atomic E-state index is 3.42. The van der Waals surface area contributed by atoms with Gasteiger partial charge in [0, 0.05) is 0 Å². The fourth-order valence-electron chi connectivity index (χ4n) is 2.10. The molecule has 1 fully saturated rings. The second-order valence-electron chi connectivity index (χ2n) is 3.99. The van der Waals surface area contributed by atoms with E-state index in [2.05, 4.69) is 19.2 Å². The minimum Gasteiger partial charge on any atom is -0.316 e. The van der Waals surface area contributed by atoms with Crippen LogP contribution < -0.4 is 5.32 Å². The molecule has 2 atom stereocenters. The smallest absolute Gasteiger partial charge is 0.00199 e. The molecular weight excluding hydrogens is 134 g/mol. The average molecular weight is 155 g/mol. The van der Waals surface area contributed by atoms with Crippen LogP contribution in [0.15, 0.2) is 0 Å². The van der Waals surface area contributed by atoms with Gasteiger partial charge in [0.05, 0.1) is 0 Å². The van der Waals surface area contributed by atoms with Gasteiger partial charge in [-0.05, 0) is 37.8 Å². The lowest BCUT2D eigenvalue weighted by molar-refractivity contribution is 0.391. The zero-order valence-corrected chi connectivity index (χ0v) is 7.90. The van der Waals surface area contributed by atoms with E-state index in [4.69, 9.17) is 0 Å². The highest BCUT2D eigenvalue weighted by atomic mass is 14.9. The van der Waals surface area contributed by atoms with Gasteiger partial charge in [0.1, 0.15) is 0 Å². The lowest BCUT2D eigenvalue weighted by atomic mass is 9.92. The van der Waals surface area contributed by atoms with Crippen LogP contribution in [0.5, 0.6) is 0 Å². The molecule has 1 aliphatic rings. The molecule has 0 aromatic rings. The van der Waals surface area contributed by atoms with E-state index in [0.717, 1.165) is 11.8 Å². The average Bonchev–Trinajstić information content (AvgIpc) is 2.40. The summed E-state index contributed by atoms with van der Waals surface area (Å²) in [5.41, 5.74) is 0. The van der Waals surface area contributed by atoms with Crippen molar-refractivity contribution in [3.63, 3.8) is 0 Å². The molecule has 2 unspecified atom stereocenters. The Balaban J connectivity index is 2.08. The first-order valence-corrected chi connectivity index (χ1v) is 5.03. The number of hydrogen-bond donors (Lipinski definition) is 1. The molecule has 1 nitrogen and oxygen atoms in total. The zero-order valence-electron chi connectivity index (χ0n) is 7.90. The summed E-state index contributed by atoms with van der Waals surface area (Å²) in [5.74, 6) is 1.93. The minimum atomic E-state index is 0.949. The van der Waals surface area contributed by atoms with Crippen LogP contribution in [0.3, 0.4) is 0 Å². The predicted octanol–water partition coefficient (Wildman–Crippen LogP) is 2.42. The summed E-state index contributed by atoms with van der Waals surface area (Å²) < 4.78 is 0. The first-order valence-electron chi connectivity index (χ1n) is 5.03. The van der Waals surface area contributed by atoms with Crippen LogP contribution in [0.1, 0.15) is 39.5 Å². The Morgan fingerprint density at radius 3 is 2.91 bits per heavy atom. The molecule has 0 aromatic heterocycles. The van der Waals surface area contributed by atoms with E-state index in [9.17, 15) is 0 Å². The van der Waals surface area contributed by atoms with Gasteiger partial charge in [-0.25, -0.2) is 0 Å². The Bertz CT molecular complexity index is 95.0. The quantitative estimate of drug-likeness (QED) is 0.657. The second-order valence-corrected chi connectivity index (χ2v) is 3.99. The molecule has 0 amide bonds. The maximum absolute atomic E-state index is 3.42. The molecule has 1 rings (SSSR count). The van der Waals surface area contributed by atoms with Crippen molar-refractivity contribution in [2.75, 3.05) is 13.1 Å². The molecule has 0 radical (unpaired) electrons. The van der Waals surface area contributed by atoms with Crippen LogP contribution in [-0.2, 0) is 0 Å². The highest BCUT2D eigenvalue weighted by Crippen LogP contribution is 2.20. The normalized spacial score (nSPS) is 27.3. The van der Waals surface area contributed by atoms with E-state index < -0.39 is 0 Å². The van der Waals surface area contributed by atoms with E-state index in [1.54, 1.807) is 0 Å². The van der Waals surface area contributed by atoms with Gasteiger partial charge in [-0.3, -0.25) is 0 Å². The van der Waals surface area contributed by atoms with E-state index in [1.165, 1.54) is 38.8 Å². The molecule has 66 valence electrons. The molecule has 0 saturated carbocycles. The van der Waals surface area contributed by atoms with Gasteiger partial charge in [-0.15, -0.1) is 0 Å². The second kappa shape index (κ2) is 4.76. The zero-order chi connectivity index (χ0) is 8.10. The lowest BCUT2D eigenvalue weighted by Gasteiger charge is -2.14. The highest BCUT2D eigenvalue weighted by molar-refractivity contribution is 4.72. The van der Waals surface area contributed by atoms with Crippen LogP contribution in [0.4, 0.5) is 0 Å². The van der Waals surface area contributed by atoms with Gasteiger partial charge in [0.15, 0.2) is 0 Å². The third kappa shape index (κ3) is 3.24. The fourth-order valence-corrected chi connectivity index (χ4v) is 2.10. The van der Waals surface area contributed by atoms with Gasteiger partial charge in [0.2, 0.25) is 0 Å². The Kier molecular flexibility index (Phi) is 3.92. The number of nitrogens with one attached hydrogen (secondary N) is 1. The van der Waals surface area contributed by atoms with Crippen LogP contribution in [0.25, 0.3) is 0 Å². The Morgan fingerprint density at radius 1 is 1.55 bits per heavy atom. The van der Waals surface area contributed by atoms with Gasteiger partial charge in [-0.1, -0.05) is 26.7 Å². The third-order valence-corrected chi connectivity index (χ3v) is 2.68. The highest BCUT2D eigenvalue weighted by Gasteiger charge is 2.16. The Hall–Kier alpha value is -0.0400. The van der Waals surface area contributed by atoms with Gasteiger partial charge in [0.25, 0.3) is 0 Å². The first-order chi connectivity index (χ1) is 5.33. The summed E-state index contributed by atoms with van der Waals surface area (Å²) in [6.07, 6.45) is 5.62. The van der Waals surface area contributed by atoms with Crippen LogP contribution in [0, 0.1) is 11.8 Å². The summed E-state index contributed by atoms with van der Waals surface area (Å²) in [5, 5.41) is 3.42. The topological polar surface area (TPSA) is 12.0 Å². The van der Waals surface area contributed by atoms with Gasteiger partial charge >= 0.3 is 0 Å². The number of rotatable bonds is 4. The van der Waals surface area contributed by atoms with E-state index in [-0.39, 0.29) is 0 Å². The first kappa shape index (κ1) is 9.05. The largest absolute Gasteiger partial charge is 0.316 e. The lowest BCUT2D eigenvalue weighted by Crippen LogP contribution is -2.11. The molecule has 0 aromatic carbocycles. The van der Waals surface area contributed by atoms with E-state index in [0.29, 0.717) is 0 Å². The summed E-state index contributed by atoms with van der Waals surface area (Å²) in [4.78, 5) is 0. The monoisotopic (exact) mass is 155 g/mol. The SMILES string of the molecule is CCCC(C)CC1CCNC1. The Morgan fingerprint density at radius 2 is 2.36 bits per heavy atom. The summed E-state index contributed by atoms with van der Waals surface area (Å²) >= 11 is 0. The third-order valence-electron chi connectivity index (χ3n) is 2.68. The molecule has 0 bridgehead atoms. The Labute approximate surface area is 70.6 Å². The van der Waals surface area contributed by atoms with Crippen LogP contribution >= 0.6 is 0 Å². The van der Waals surface area contributed by atoms with Crippen molar-refractivity contribution in [1.29, 1.82) is 0 Å². The van der Waals surface area contributed by atoms with E-state index >= 15 is 0 Å². The summed E-state index contributed by atoms with van der Waals surface area (Å²) in [7, 11) is 0. The van der Waals surface area contributed by atoms with Crippen LogP contribution in [-0.4, -0.2) is 13.1 Å². The van der Waals surface area contributed by atoms with Crippen molar-refractivity contribution in [2.45, 2.75) is 39.5 Å². The fraction of sp³-hybridized carbons (Fsp3) is 1.00. The predicted molar refractivity (Wildman–Crippen MR) is 49.7 cm³/mol. The standard InChI is InChI=1S/C10H21N/c1-3-4-9(2)7-10-5-6-11-8-10/h9-11H,3-8H2,1-2H3. The maximum Gasteiger partial charge on any atom is -0.00199 e. The van der Waals surface area contributed by atoms with Crippen LogP contribution in [0.2, 0.25) is 0 Å². The van der Waals surface area contributed by atoms with Crippen molar-refractivity contribution >= 4 is 0 Å².